The number of esters is 1. The summed E-state index contributed by atoms with van der Waals surface area (Å²) in [6.45, 7) is 2.02. The van der Waals surface area contributed by atoms with Crippen molar-refractivity contribution in [3.8, 4) is 0 Å². The number of carbonyl (C=O) groups is 2. The number of anilines is 1. The number of ether oxygens (including phenoxy) is 1. The summed E-state index contributed by atoms with van der Waals surface area (Å²) >= 11 is 0. The lowest BCUT2D eigenvalue weighted by Gasteiger charge is -2.25. The number of benzene rings is 1. The zero-order valence-corrected chi connectivity index (χ0v) is 8.82. The second kappa shape index (κ2) is 4.22. The minimum absolute atomic E-state index is 0.292. The Kier molecular flexibility index (Phi) is 2.76. The van der Waals surface area contributed by atoms with Gasteiger partial charge in [0.15, 0.2) is 6.04 Å². The number of nitrogens with one attached hydrogen (secondary N) is 2. The molecule has 1 heterocycles. The minimum atomic E-state index is -0.718. The fourth-order valence-corrected chi connectivity index (χ4v) is 1.64. The summed E-state index contributed by atoms with van der Waals surface area (Å²) in [5.41, 5.74) is 1.37. The monoisotopic (exact) mass is 220 g/mol. The van der Waals surface area contributed by atoms with E-state index in [2.05, 4.69) is 10.6 Å². The first kappa shape index (κ1) is 10.5. The van der Waals surface area contributed by atoms with Crippen molar-refractivity contribution in [3.63, 3.8) is 0 Å². The molecular weight excluding hydrogens is 208 g/mol. The average molecular weight is 220 g/mol. The predicted molar refractivity (Wildman–Crippen MR) is 58.0 cm³/mol. The Morgan fingerprint density at radius 2 is 2.19 bits per heavy atom. The van der Waals surface area contributed by atoms with Crippen molar-refractivity contribution in [2.24, 2.45) is 0 Å². The van der Waals surface area contributed by atoms with Gasteiger partial charge in [0.05, 0.1) is 6.61 Å². The van der Waals surface area contributed by atoms with Gasteiger partial charge in [-0.05, 0) is 13.0 Å². The van der Waals surface area contributed by atoms with Crippen molar-refractivity contribution < 1.29 is 14.3 Å². The SMILES string of the molecule is CCOC(=O)C1NC(=O)Nc2ccccc21. The van der Waals surface area contributed by atoms with Crippen LogP contribution >= 0.6 is 0 Å². The first-order chi connectivity index (χ1) is 7.72. The first-order valence-corrected chi connectivity index (χ1v) is 5.05. The maximum absolute atomic E-state index is 11.6. The third-order valence-electron chi connectivity index (χ3n) is 2.32. The highest BCUT2D eigenvalue weighted by Gasteiger charge is 2.30. The molecule has 1 aliphatic heterocycles. The second-order valence-corrected chi connectivity index (χ2v) is 3.37. The molecule has 5 heteroatoms. The number of hydrogen-bond acceptors (Lipinski definition) is 3. The highest BCUT2D eigenvalue weighted by Crippen LogP contribution is 2.27. The van der Waals surface area contributed by atoms with Crippen LogP contribution in [-0.4, -0.2) is 18.6 Å². The molecule has 0 aliphatic carbocycles. The van der Waals surface area contributed by atoms with Crippen molar-refractivity contribution in [1.29, 1.82) is 0 Å². The van der Waals surface area contributed by atoms with E-state index in [1.165, 1.54) is 0 Å². The highest BCUT2D eigenvalue weighted by atomic mass is 16.5. The third-order valence-corrected chi connectivity index (χ3v) is 2.32. The van der Waals surface area contributed by atoms with Crippen molar-refractivity contribution in [2.45, 2.75) is 13.0 Å². The highest BCUT2D eigenvalue weighted by molar-refractivity contribution is 5.98. The molecule has 2 rings (SSSR count). The van der Waals surface area contributed by atoms with Gasteiger partial charge in [-0.3, -0.25) is 0 Å². The topological polar surface area (TPSA) is 67.4 Å². The van der Waals surface area contributed by atoms with Crippen LogP contribution in [0.15, 0.2) is 24.3 Å². The van der Waals surface area contributed by atoms with Gasteiger partial charge in [-0.25, -0.2) is 9.59 Å². The number of fused-ring (bicyclic) bond motifs is 1. The molecule has 2 amide bonds. The molecule has 1 atom stereocenters. The molecule has 0 saturated carbocycles. The molecule has 16 heavy (non-hydrogen) atoms. The normalized spacial score (nSPS) is 18.1. The van der Waals surface area contributed by atoms with Crippen LogP contribution in [0.1, 0.15) is 18.5 Å². The number of para-hydroxylation sites is 1. The molecule has 1 unspecified atom stereocenters. The van der Waals surface area contributed by atoms with Gasteiger partial charge in [0.1, 0.15) is 0 Å². The molecule has 1 aromatic carbocycles. The molecule has 84 valence electrons. The van der Waals surface area contributed by atoms with Crippen LogP contribution in [0, 0.1) is 0 Å². The van der Waals surface area contributed by atoms with Gasteiger partial charge < -0.3 is 15.4 Å². The molecule has 0 saturated heterocycles. The Labute approximate surface area is 92.8 Å². The third kappa shape index (κ3) is 1.84. The number of carbonyl (C=O) groups excluding carboxylic acids is 2. The van der Waals surface area contributed by atoms with Crippen molar-refractivity contribution in [3.05, 3.63) is 29.8 Å². The minimum Gasteiger partial charge on any atom is -0.464 e. The van der Waals surface area contributed by atoms with E-state index < -0.39 is 18.0 Å². The smallest absolute Gasteiger partial charge is 0.333 e. The fraction of sp³-hybridized carbons (Fsp3) is 0.273. The Balaban J connectivity index is 2.33. The summed E-state index contributed by atoms with van der Waals surface area (Å²) in [4.78, 5) is 23.0. The summed E-state index contributed by atoms with van der Waals surface area (Å²) in [7, 11) is 0. The summed E-state index contributed by atoms with van der Waals surface area (Å²) < 4.78 is 4.91. The van der Waals surface area contributed by atoms with Crippen molar-refractivity contribution in [2.75, 3.05) is 11.9 Å². The average Bonchev–Trinajstić information content (AvgIpc) is 2.28. The molecule has 1 aromatic rings. The van der Waals surface area contributed by atoms with E-state index in [9.17, 15) is 9.59 Å². The van der Waals surface area contributed by atoms with Crippen LogP contribution in [0.25, 0.3) is 0 Å². The van der Waals surface area contributed by atoms with Gasteiger partial charge in [0.25, 0.3) is 0 Å². The summed E-state index contributed by atoms with van der Waals surface area (Å²) in [6.07, 6.45) is 0. The quantitative estimate of drug-likeness (QED) is 0.741. The van der Waals surface area contributed by atoms with E-state index in [-0.39, 0.29) is 0 Å². The summed E-state index contributed by atoms with van der Waals surface area (Å²) in [5, 5.41) is 5.16. The van der Waals surface area contributed by atoms with Crippen LogP contribution in [0.3, 0.4) is 0 Å². The zero-order valence-electron chi connectivity index (χ0n) is 8.82. The first-order valence-electron chi connectivity index (χ1n) is 5.05. The van der Waals surface area contributed by atoms with Gasteiger partial charge in [-0.1, -0.05) is 18.2 Å². The number of amides is 2. The largest absolute Gasteiger partial charge is 0.464 e. The van der Waals surface area contributed by atoms with Gasteiger partial charge in [0, 0.05) is 11.3 Å². The lowest BCUT2D eigenvalue weighted by atomic mass is 10.0. The number of rotatable bonds is 2. The maximum Gasteiger partial charge on any atom is 0.333 e. The molecule has 1 aliphatic rings. The van der Waals surface area contributed by atoms with E-state index in [1.54, 1.807) is 25.1 Å². The van der Waals surface area contributed by atoms with E-state index in [1.807, 2.05) is 6.07 Å². The molecule has 2 N–H and O–H groups in total. The predicted octanol–water partition coefficient (Wildman–Crippen LogP) is 1.43. The van der Waals surface area contributed by atoms with Crippen LogP contribution in [-0.2, 0) is 9.53 Å². The Bertz CT molecular complexity index is 431. The molecule has 0 fully saturated rings. The summed E-state index contributed by atoms with van der Waals surface area (Å²) in [5.74, 6) is -0.440. The molecular formula is C11H12N2O3. The molecule has 0 spiro atoms. The van der Waals surface area contributed by atoms with E-state index in [0.717, 1.165) is 5.56 Å². The van der Waals surface area contributed by atoms with Gasteiger partial charge >= 0.3 is 12.0 Å². The lowest BCUT2D eigenvalue weighted by molar-refractivity contribution is -0.145. The number of urea groups is 1. The van der Waals surface area contributed by atoms with Crippen molar-refractivity contribution in [1.82, 2.24) is 5.32 Å². The second-order valence-electron chi connectivity index (χ2n) is 3.37. The Morgan fingerprint density at radius 3 is 2.94 bits per heavy atom. The van der Waals surface area contributed by atoms with Crippen LogP contribution in [0.5, 0.6) is 0 Å². The van der Waals surface area contributed by atoms with Crippen molar-refractivity contribution >= 4 is 17.7 Å². The Hall–Kier alpha value is -2.04. The van der Waals surface area contributed by atoms with E-state index in [4.69, 9.17) is 4.74 Å². The molecule has 0 radical (unpaired) electrons. The molecule has 5 nitrogen and oxygen atoms in total. The molecule has 0 aromatic heterocycles. The lowest BCUT2D eigenvalue weighted by Crippen LogP contribution is -2.42. The van der Waals surface area contributed by atoms with Crippen LogP contribution < -0.4 is 10.6 Å². The maximum atomic E-state index is 11.6. The molecule has 0 bridgehead atoms. The van der Waals surface area contributed by atoms with Gasteiger partial charge in [-0.15, -0.1) is 0 Å². The van der Waals surface area contributed by atoms with E-state index >= 15 is 0 Å². The van der Waals surface area contributed by atoms with E-state index in [0.29, 0.717) is 12.3 Å². The zero-order chi connectivity index (χ0) is 11.5. The Morgan fingerprint density at radius 1 is 1.44 bits per heavy atom. The van der Waals surface area contributed by atoms with Crippen LogP contribution in [0.2, 0.25) is 0 Å². The standard InChI is InChI=1S/C11H12N2O3/c1-2-16-10(14)9-7-5-3-4-6-8(7)12-11(15)13-9/h3-6,9H,2H2,1H3,(H2,12,13,15). The fourth-order valence-electron chi connectivity index (χ4n) is 1.64. The summed E-state index contributed by atoms with van der Waals surface area (Å²) in [6, 6.07) is 6.03. The van der Waals surface area contributed by atoms with Crippen LogP contribution in [0.4, 0.5) is 10.5 Å². The van der Waals surface area contributed by atoms with Gasteiger partial charge in [-0.2, -0.15) is 0 Å². The van der Waals surface area contributed by atoms with Gasteiger partial charge in [0.2, 0.25) is 0 Å². The number of hydrogen-bond donors (Lipinski definition) is 2.